The molecular weight excluding hydrogens is 487 g/mol. The first-order valence-corrected chi connectivity index (χ1v) is 11.5. The molecule has 1 saturated carbocycles. The van der Waals surface area contributed by atoms with Crippen LogP contribution in [0, 0.1) is 23.7 Å². The van der Waals surface area contributed by atoms with Crippen molar-refractivity contribution >= 4 is 58.3 Å². The highest BCUT2D eigenvalue weighted by molar-refractivity contribution is 6.42. The zero-order chi connectivity index (χ0) is 23.4. The molecule has 3 aliphatic rings. The Morgan fingerprint density at radius 3 is 2.00 bits per heavy atom. The van der Waals surface area contributed by atoms with Gasteiger partial charge < -0.3 is 0 Å². The third-order valence-electron chi connectivity index (χ3n) is 6.55. The minimum Gasteiger partial charge on any atom is -0.292 e. The van der Waals surface area contributed by atoms with Gasteiger partial charge in [-0.1, -0.05) is 47.0 Å². The quantitative estimate of drug-likeness (QED) is 0.337. The van der Waals surface area contributed by atoms with Crippen molar-refractivity contribution in [3.8, 4) is 0 Å². The first kappa shape index (κ1) is 22.1. The van der Waals surface area contributed by atoms with E-state index in [4.69, 9.17) is 34.8 Å². The van der Waals surface area contributed by atoms with Crippen LogP contribution in [0.25, 0.3) is 0 Å². The van der Waals surface area contributed by atoms with Gasteiger partial charge in [0.2, 0.25) is 0 Å². The number of rotatable bonds is 5. The molecule has 0 spiro atoms. The van der Waals surface area contributed by atoms with E-state index >= 15 is 0 Å². The lowest BCUT2D eigenvalue weighted by atomic mass is 9.85. The molecule has 168 valence electrons. The zero-order valence-corrected chi connectivity index (χ0v) is 19.3. The van der Waals surface area contributed by atoms with Crippen molar-refractivity contribution in [3.63, 3.8) is 0 Å². The molecule has 1 heterocycles. The van der Waals surface area contributed by atoms with Crippen LogP contribution in [-0.4, -0.2) is 40.1 Å². The number of Topliss-reactive ketones (excluding diaryl/α,β-unsaturated/α-hetero) is 1. The molecule has 5 rings (SSSR count). The van der Waals surface area contributed by atoms with E-state index in [1.54, 1.807) is 12.1 Å². The molecule has 2 aromatic carbocycles. The second kappa shape index (κ2) is 8.28. The Morgan fingerprint density at radius 2 is 1.42 bits per heavy atom. The van der Waals surface area contributed by atoms with Crippen molar-refractivity contribution in [3.05, 3.63) is 80.8 Å². The Kier molecular flexibility index (Phi) is 5.55. The highest BCUT2D eigenvalue weighted by atomic mass is 35.5. The number of halogens is 3. The Hall–Kier alpha value is -2.67. The molecular formula is C24H17Cl3N2O4. The van der Waals surface area contributed by atoms with Gasteiger partial charge in [-0.2, -0.15) is 5.01 Å². The number of ketones is 1. The molecule has 2 aliphatic carbocycles. The molecule has 2 fully saturated rings. The van der Waals surface area contributed by atoms with Crippen LogP contribution in [0.2, 0.25) is 15.1 Å². The number of fused-ring (bicyclic) bond motifs is 5. The van der Waals surface area contributed by atoms with E-state index < -0.39 is 41.9 Å². The van der Waals surface area contributed by atoms with Gasteiger partial charge in [0.05, 0.1) is 21.9 Å². The maximum Gasteiger partial charge on any atom is 0.273 e. The van der Waals surface area contributed by atoms with E-state index in [1.807, 2.05) is 12.2 Å². The van der Waals surface area contributed by atoms with Crippen molar-refractivity contribution in [2.24, 2.45) is 23.7 Å². The molecule has 2 aromatic rings. The predicted octanol–water partition coefficient (Wildman–Crippen LogP) is 4.69. The fraction of sp³-hybridized carbons (Fsp3) is 0.250. The van der Waals surface area contributed by atoms with Gasteiger partial charge in [-0.25, -0.2) is 5.01 Å². The third-order valence-corrected chi connectivity index (χ3v) is 7.54. The Labute approximate surface area is 204 Å². The maximum atomic E-state index is 13.5. The summed E-state index contributed by atoms with van der Waals surface area (Å²) in [5.41, 5.74) is 0.402. The van der Waals surface area contributed by atoms with Crippen LogP contribution in [0.1, 0.15) is 27.1 Å². The van der Waals surface area contributed by atoms with E-state index in [0.29, 0.717) is 10.6 Å². The molecule has 9 heteroatoms. The average Bonchev–Trinajstić information content (AvgIpc) is 3.48. The average molecular weight is 504 g/mol. The number of imide groups is 1. The molecule has 4 atom stereocenters. The summed E-state index contributed by atoms with van der Waals surface area (Å²) in [6.45, 7) is -0.500. The summed E-state index contributed by atoms with van der Waals surface area (Å²) >= 11 is 18.0. The minimum atomic E-state index is -0.696. The van der Waals surface area contributed by atoms with Crippen molar-refractivity contribution in [2.75, 3.05) is 6.54 Å². The molecule has 6 nitrogen and oxygen atoms in total. The van der Waals surface area contributed by atoms with Crippen LogP contribution in [0.4, 0.5) is 0 Å². The van der Waals surface area contributed by atoms with Crippen LogP contribution in [0.3, 0.4) is 0 Å². The second-order valence-corrected chi connectivity index (χ2v) is 9.66. The number of hydrogen-bond acceptors (Lipinski definition) is 4. The maximum absolute atomic E-state index is 13.5. The summed E-state index contributed by atoms with van der Waals surface area (Å²) in [7, 11) is 0. The number of hydrazine groups is 1. The van der Waals surface area contributed by atoms with E-state index in [1.165, 1.54) is 30.3 Å². The SMILES string of the molecule is O=C(CN(C(=O)c1ccc(Cl)c(Cl)c1)N1C(=O)C2C3C=CC(C3)C2C1=O)c1ccc(Cl)cc1. The Bertz CT molecular complexity index is 1200. The van der Waals surface area contributed by atoms with Crippen molar-refractivity contribution in [1.82, 2.24) is 10.0 Å². The number of allylic oxidation sites excluding steroid dienone is 2. The summed E-state index contributed by atoms with van der Waals surface area (Å²) in [6, 6.07) is 10.4. The standard InChI is InChI=1S/C24H17Cl3N2O4/c25-16-6-3-12(4-7-16)19(30)11-28(22(31)15-5-8-17(26)18(27)10-15)29-23(32)20-13-1-2-14(9-13)21(20)24(29)33/h1-8,10,13-14,20-21H,9,11H2. The normalized spacial score (nSPS) is 25.0. The van der Waals surface area contributed by atoms with Gasteiger partial charge in [0.25, 0.3) is 17.7 Å². The van der Waals surface area contributed by atoms with E-state index in [2.05, 4.69) is 0 Å². The van der Waals surface area contributed by atoms with E-state index in [-0.39, 0.29) is 27.4 Å². The second-order valence-electron chi connectivity index (χ2n) is 8.41. The van der Waals surface area contributed by atoms with Gasteiger partial charge in [0.1, 0.15) is 6.54 Å². The van der Waals surface area contributed by atoms with Gasteiger partial charge in [0, 0.05) is 16.1 Å². The van der Waals surface area contributed by atoms with Crippen molar-refractivity contribution in [1.29, 1.82) is 0 Å². The number of amides is 3. The fourth-order valence-corrected chi connectivity index (χ4v) is 5.42. The number of carbonyl (C=O) groups is 4. The molecule has 3 amide bonds. The smallest absolute Gasteiger partial charge is 0.273 e. The van der Waals surface area contributed by atoms with Crippen LogP contribution in [0.15, 0.2) is 54.6 Å². The van der Waals surface area contributed by atoms with Crippen LogP contribution >= 0.6 is 34.8 Å². The number of hydrogen-bond donors (Lipinski definition) is 0. The fourth-order valence-electron chi connectivity index (χ4n) is 5.00. The topological polar surface area (TPSA) is 74.8 Å². The molecule has 0 radical (unpaired) electrons. The first-order valence-electron chi connectivity index (χ1n) is 10.4. The number of nitrogens with zero attached hydrogens (tertiary/aromatic N) is 2. The molecule has 2 bridgehead atoms. The summed E-state index contributed by atoms with van der Waals surface area (Å²) in [5.74, 6) is -3.15. The van der Waals surface area contributed by atoms with Gasteiger partial charge in [-0.05, 0) is 60.7 Å². The van der Waals surface area contributed by atoms with Crippen LogP contribution < -0.4 is 0 Å². The van der Waals surface area contributed by atoms with E-state index in [0.717, 1.165) is 16.4 Å². The first-order chi connectivity index (χ1) is 15.8. The van der Waals surface area contributed by atoms with Crippen molar-refractivity contribution in [2.45, 2.75) is 6.42 Å². The highest BCUT2D eigenvalue weighted by Crippen LogP contribution is 2.52. The molecule has 0 N–H and O–H groups in total. The zero-order valence-electron chi connectivity index (χ0n) is 17.1. The van der Waals surface area contributed by atoms with Crippen molar-refractivity contribution < 1.29 is 19.2 Å². The van der Waals surface area contributed by atoms with E-state index in [9.17, 15) is 19.2 Å². The largest absolute Gasteiger partial charge is 0.292 e. The molecule has 1 aliphatic heterocycles. The van der Waals surface area contributed by atoms with Gasteiger partial charge >= 0.3 is 0 Å². The Balaban J connectivity index is 1.51. The Morgan fingerprint density at radius 1 is 0.848 bits per heavy atom. The lowest BCUT2D eigenvalue weighted by molar-refractivity contribution is -0.154. The monoisotopic (exact) mass is 502 g/mol. The lowest BCUT2D eigenvalue weighted by Crippen LogP contribution is -2.52. The summed E-state index contributed by atoms with van der Waals surface area (Å²) in [5, 5.41) is 2.64. The highest BCUT2D eigenvalue weighted by Gasteiger charge is 2.61. The lowest BCUT2D eigenvalue weighted by Gasteiger charge is -2.31. The summed E-state index contributed by atoms with van der Waals surface area (Å²) < 4.78 is 0. The third kappa shape index (κ3) is 3.66. The van der Waals surface area contributed by atoms with Gasteiger partial charge in [-0.15, -0.1) is 0 Å². The van der Waals surface area contributed by atoms with Gasteiger partial charge in [-0.3, -0.25) is 19.2 Å². The summed E-state index contributed by atoms with van der Waals surface area (Å²) in [4.78, 5) is 53.2. The van der Waals surface area contributed by atoms with Gasteiger partial charge in [0.15, 0.2) is 5.78 Å². The number of benzene rings is 2. The molecule has 33 heavy (non-hydrogen) atoms. The minimum absolute atomic E-state index is 0.0321. The predicted molar refractivity (Wildman–Crippen MR) is 123 cm³/mol. The van der Waals surface area contributed by atoms with Crippen LogP contribution in [0.5, 0.6) is 0 Å². The summed E-state index contributed by atoms with van der Waals surface area (Å²) in [6.07, 6.45) is 4.68. The van der Waals surface area contributed by atoms with Crippen LogP contribution in [-0.2, 0) is 9.59 Å². The molecule has 4 unspecified atom stereocenters. The molecule has 0 aromatic heterocycles. The molecule has 1 saturated heterocycles. The number of carbonyl (C=O) groups excluding carboxylic acids is 4.